The SMILES string of the molecule is CCCCCC1=C(C(=O)OC)C(=O)C(CC=C(C)CCC=C(C)C)=C(O)C1=O. The Balaban J connectivity index is 3.09. The van der Waals surface area contributed by atoms with E-state index in [1.165, 1.54) is 12.7 Å². The molecule has 5 nitrogen and oxygen atoms in total. The Morgan fingerprint density at radius 2 is 1.71 bits per heavy atom. The molecular formula is C23H32O5. The number of ketones is 2. The largest absolute Gasteiger partial charge is 0.504 e. The van der Waals surface area contributed by atoms with Crippen molar-refractivity contribution in [3.05, 3.63) is 45.8 Å². The molecular weight excluding hydrogens is 356 g/mol. The van der Waals surface area contributed by atoms with E-state index in [2.05, 4.69) is 6.08 Å². The molecule has 28 heavy (non-hydrogen) atoms. The minimum absolute atomic E-state index is 0.0359. The highest BCUT2D eigenvalue weighted by atomic mass is 16.5. The number of allylic oxidation sites excluding steroid dienone is 6. The van der Waals surface area contributed by atoms with Gasteiger partial charge in [-0.15, -0.1) is 0 Å². The molecule has 0 saturated carbocycles. The van der Waals surface area contributed by atoms with Gasteiger partial charge in [0.1, 0.15) is 5.57 Å². The Labute approximate surface area is 167 Å². The molecule has 0 atom stereocenters. The predicted octanol–water partition coefficient (Wildman–Crippen LogP) is 5.08. The first-order valence-electron chi connectivity index (χ1n) is 9.86. The summed E-state index contributed by atoms with van der Waals surface area (Å²) in [6.45, 7) is 8.03. The topological polar surface area (TPSA) is 80.7 Å². The van der Waals surface area contributed by atoms with Crippen molar-refractivity contribution in [2.24, 2.45) is 0 Å². The normalized spacial score (nSPS) is 15.2. The van der Waals surface area contributed by atoms with Crippen molar-refractivity contribution >= 4 is 17.5 Å². The molecule has 0 bridgehead atoms. The van der Waals surface area contributed by atoms with E-state index in [9.17, 15) is 19.5 Å². The molecule has 0 aliphatic heterocycles. The third kappa shape index (κ3) is 6.32. The van der Waals surface area contributed by atoms with Crippen LogP contribution in [-0.4, -0.2) is 29.8 Å². The molecule has 154 valence electrons. The van der Waals surface area contributed by atoms with Crippen molar-refractivity contribution in [3.8, 4) is 0 Å². The summed E-state index contributed by atoms with van der Waals surface area (Å²) in [6, 6.07) is 0. The number of hydrogen-bond acceptors (Lipinski definition) is 5. The summed E-state index contributed by atoms with van der Waals surface area (Å²) in [5.41, 5.74) is 2.09. The van der Waals surface area contributed by atoms with Crippen LogP contribution in [0.5, 0.6) is 0 Å². The Morgan fingerprint density at radius 1 is 1.04 bits per heavy atom. The van der Waals surface area contributed by atoms with Crippen molar-refractivity contribution in [2.75, 3.05) is 7.11 Å². The molecule has 1 aliphatic rings. The number of esters is 1. The zero-order valence-corrected chi connectivity index (χ0v) is 17.7. The fourth-order valence-corrected chi connectivity index (χ4v) is 3.05. The highest BCUT2D eigenvalue weighted by Gasteiger charge is 2.37. The second-order valence-electron chi connectivity index (χ2n) is 7.36. The number of methoxy groups -OCH3 is 1. The van der Waals surface area contributed by atoms with Crippen LogP contribution in [0.1, 0.15) is 72.6 Å². The number of aliphatic hydroxyl groups excluding tert-OH is 1. The van der Waals surface area contributed by atoms with E-state index in [4.69, 9.17) is 4.74 Å². The van der Waals surface area contributed by atoms with E-state index < -0.39 is 23.3 Å². The summed E-state index contributed by atoms with van der Waals surface area (Å²) in [7, 11) is 1.18. The fourth-order valence-electron chi connectivity index (χ4n) is 3.05. The van der Waals surface area contributed by atoms with Gasteiger partial charge in [0, 0.05) is 11.1 Å². The van der Waals surface area contributed by atoms with Crippen molar-refractivity contribution in [3.63, 3.8) is 0 Å². The average Bonchev–Trinajstić information content (AvgIpc) is 2.65. The van der Waals surface area contributed by atoms with Crippen LogP contribution >= 0.6 is 0 Å². The van der Waals surface area contributed by atoms with Crippen molar-refractivity contribution in [2.45, 2.75) is 72.6 Å². The standard InChI is InChI=1S/C23H32O5/c1-6-7-8-12-17-19(23(27)28-5)20(24)18(22(26)21(17)25)14-13-16(4)11-9-10-15(2)3/h10,13,26H,6-9,11-12,14H2,1-5H3. The number of aliphatic hydroxyl groups is 1. The van der Waals surface area contributed by atoms with Gasteiger partial charge in [0.15, 0.2) is 5.76 Å². The second kappa shape index (κ2) is 11.4. The molecule has 1 rings (SSSR count). The number of unbranched alkanes of at least 4 members (excludes halogenated alkanes) is 2. The van der Waals surface area contributed by atoms with Crippen LogP contribution in [0.25, 0.3) is 0 Å². The molecule has 1 aliphatic carbocycles. The van der Waals surface area contributed by atoms with E-state index in [0.29, 0.717) is 6.42 Å². The van der Waals surface area contributed by atoms with Crippen molar-refractivity contribution in [1.82, 2.24) is 0 Å². The zero-order chi connectivity index (χ0) is 21.3. The first-order chi connectivity index (χ1) is 13.2. The summed E-state index contributed by atoms with van der Waals surface area (Å²) in [6.07, 6.45) is 8.52. The average molecular weight is 389 g/mol. The summed E-state index contributed by atoms with van der Waals surface area (Å²) in [4.78, 5) is 37.7. The second-order valence-corrected chi connectivity index (χ2v) is 7.36. The fraction of sp³-hybridized carbons (Fsp3) is 0.522. The predicted molar refractivity (Wildman–Crippen MR) is 110 cm³/mol. The Bertz CT molecular complexity index is 743. The van der Waals surface area contributed by atoms with Crippen LogP contribution in [0.4, 0.5) is 0 Å². The number of carbonyl (C=O) groups excluding carboxylic acids is 3. The van der Waals surface area contributed by atoms with Gasteiger partial charge in [0.05, 0.1) is 7.11 Å². The van der Waals surface area contributed by atoms with Gasteiger partial charge in [-0.1, -0.05) is 43.1 Å². The number of Topliss-reactive ketones (excluding diaryl/α,β-unsaturated/α-hetero) is 2. The molecule has 0 aromatic heterocycles. The van der Waals surface area contributed by atoms with E-state index in [1.54, 1.807) is 0 Å². The van der Waals surface area contributed by atoms with Gasteiger partial charge in [-0.25, -0.2) is 4.79 Å². The maximum Gasteiger partial charge on any atom is 0.342 e. The molecule has 1 N–H and O–H groups in total. The van der Waals surface area contributed by atoms with Crippen LogP contribution in [0, 0.1) is 0 Å². The van der Waals surface area contributed by atoms with E-state index >= 15 is 0 Å². The van der Waals surface area contributed by atoms with E-state index in [0.717, 1.165) is 31.3 Å². The van der Waals surface area contributed by atoms with Crippen LogP contribution in [0.2, 0.25) is 0 Å². The molecule has 0 spiro atoms. The molecule has 0 heterocycles. The van der Waals surface area contributed by atoms with E-state index in [-0.39, 0.29) is 29.6 Å². The maximum atomic E-state index is 12.9. The lowest BCUT2D eigenvalue weighted by atomic mass is 9.84. The summed E-state index contributed by atoms with van der Waals surface area (Å²) < 4.78 is 4.73. The molecule has 0 fully saturated rings. The van der Waals surface area contributed by atoms with Crippen LogP contribution in [0.3, 0.4) is 0 Å². The lowest BCUT2D eigenvalue weighted by Gasteiger charge is -2.19. The molecule has 0 aromatic rings. The smallest absolute Gasteiger partial charge is 0.342 e. The third-order valence-electron chi connectivity index (χ3n) is 4.74. The monoisotopic (exact) mass is 388 g/mol. The van der Waals surface area contributed by atoms with Gasteiger partial charge in [0.2, 0.25) is 11.6 Å². The Kier molecular flexibility index (Phi) is 9.63. The van der Waals surface area contributed by atoms with E-state index in [1.807, 2.05) is 33.8 Å². The number of carbonyl (C=O) groups is 3. The Hall–Kier alpha value is -2.43. The summed E-state index contributed by atoms with van der Waals surface area (Å²) >= 11 is 0. The highest BCUT2D eigenvalue weighted by molar-refractivity contribution is 6.33. The van der Waals surface area contributed by atoms with Gasteiger partial charge in [-0.2, -0.15) is 0 Å². The molecule has 0 saturated heterocycles. The minimum Gasteiger partial charge on any atom is -0.504 e. The quantitative estimate of drug-likeness (QED) is 0.185. The first kappa shape index (κ1) is 23.6. The minimum atomic E-state index is -0.820. The molecule has 0 unspecified atom stereocenters. The highest BCUT2D eigenvalue weighted by Crippen LogP contribution is 2.30. The maximum absolute atomic E-state index is 12.9. The molecule has 0 aromatic carbocycles. The van der Waals surface area contributed by atoms with Crippen LogP contribution in [0.15, 0.2) is 45.8 Å². The van der Waals surface area contributed by atoms with Crippen LogP contribution < -0.4 is 0 Å². The van der Waals surface area contributed by atoms with Gasteiger partial charge in [-0.3, -0.25) is 9.59 Å². The Morgan fingerprint density at radius 3 is 2.29 bits per heavy atom. The zero-order valence-electron chi connectivity index (χ0n) is 17.7. The number of rotatable bonds is 10. The summed E-state index contributed by atoms with van der Waals surface area (Å²) in [5, 5.41) is 10.4. The van der Waals surface area contributed by atoms with Gasteiger partial charge in [0.25, 0.3) is 0 Å². The molecule has 0 radical (unpaired) electrons. The van der Waals surface area contributed by atoms with Gasteiger partial charge >= 0.3 is 5.97 Å². The van der Waals surface area contributed by atoms with Gasteiger partial charge < -0.3 is 9.84 Å². The van der Waals surface area contributed by atoms with Crippen LogP contribution in [-0.2, 0) is 19.1 Å². The van der Waals surface area contributed by atoms with Crippen molar-refractivity contribution in [1.29, 1.82) is 0 Å². The first-order valence-corrected chi connectivity index (χ1v) is 9.86. The molecule has 0 amide bonds. The van der Waals surface area contributed by atoms with Gasteiger partial charge in [-0.05, 0) is 52.9 Å². The van der Waals surface area contributed by atoms with Crippen molar-refractivity contribution < 1.29 is 24.2 Å². The molecule has 5 heteroatoms. The summed E-state index contributed by atoms with van der Waals surface area (Å²) in [5.74, 6) is -2.61. The lowest BCUT2D eigenvalue weighted by Crippen LogP contribution is -2.29. The third-order valence-corrected chi connectivity index (χ3v) is 4.74. The lowest BCUT2D eigenvalue weighted by molar-refractivity contribution is -0.138. The number of hydrogen-bond donors (Lipinski definition) is 1. The number of ether oxygens (including phenoxy) is 1.